The molecule has 1 N–H and O–H groups in total. The third-order valence-electron chi connectivity index (χ3n) is 3.83. The van der Waals surface area contributed by atoms with Crippen LogP contribution in [0.5, 0.6) is 17.2 Å². The fraction of sp³-hybridized carbons (Fsp3) is 0.300. The molecular weight excluding hydrogens is 396 g/mol. The van der Waals surface area contributed by atoms with Crippen LogP contribution in [0.4, 0.5) is 11.4 Å². The van der Waals surface area contributed by atoms with Crippen molar-refractivity contribution in [1.82, 2.24) is 0 Å². The lowest BCUT2D eigenvalue weighted by molar-refractivity contribution is -0.384. The molecule has 0 aliphatic heterocycles. The molecule has 1 unspecified atom stereocenters. The summed E-state index contributed by atoms with van der Waals surface area (Å²) < 4.78 is 20.8. The Morgan fingerprint density at radius 2 is 1.80 bits per heavy atom. The van der Waals surface area contributed by atoms with E-state index in [1.54, 1.807) is 24.3 Å². The molecule has 1 amide bonds. The highest BCUT2D eigenvalue weighted by molar-refractivity contribution is 5.97. The molecule has 0 aromatic heterocycles. The minimum absolute atomic E-state index is 0.0457. The number of methoxy groups -OCH3 is 1. The van der Waals surface area contributed by atoms with Crippen LogP contribution in [0.1, 0.15) is 13.8 Å². The fourth-order valence-electron chi connectivity index (χ4n) is 2.40. The van der Waals surface area contributed by atoms with Crippen LogP contribution < -0.4 is 19.5 Å². The van der Waals surface area contributed by atoms with Gasteiger partial charge in [0.25, 0.3) is 11.6 Å². The van der Waals surface area contributed by atoms with Gasteiger partial charge in [0.1, 0.15) is 11.4 Å². The zero-order valence-corrected chi connectivity index (χ0v) is 16.7. The van der Waals surface area contributed by atoms with Crippen molar-refractivity contribution >= 4 is 23.3 Å². The standard InChI is InChI=1S/C20H22N2O8/c1-4-28-17-7-5-6-8-18(17)29-12-19(23)30-13(2)20(24)21-15-10-9-14(27-3)11-16(15)22(25)26/h5-11,13H,4,12H2,1-3H3,(H,21,24). The predicted molar refractivity (Wildman–Crippen MR) is 107 cm³/mol. The second-order valence-corrected chi connectivity index (χ2v) is 5.93. The molecule has 10 heteroatoms. The Kier molecular flexibility index (Phi) is 7.98. The Hall–Kier alpha value is -3.82. The van der Waals surface area contributed by atoms with Gasteiger partial charge in [-0.15, -0.1) is 0 Å². The second-order valence-electron chi connectivity index (χ2n) is 5.93. The van der Waals surface area contributed by atoms with E-state index in [0.717, 1.165) is 0 Å². The number of nitro benzene ring substituents is 1. The first-order valence-corrected chi connectivity index (χ1v) is 9.03. The maximum atomic E-state index is 12.3. The second kappa shape index (κ2) is 10.6. The third kappa shape index (κ3) is 6.09. The van der Waals surface area contributed by atoms with Crippen LogP contribution >= 0.6 is 0 Å². The topological polar surface area (TPSA) is 126 Å². The monoisotopic (exact) mass is 418 g/mol. The van der Waals surface area contributed by atoms with Crippen molar-refractivity contribution in [2.45, 2.75) is 20.0 Å². The van der Waals surface area contributed by atoms with Gasteiger partial charge in [-0.3, -0.25) is 14.9 Å². The van der Waals surface area contributed by atoms with Crippen LogP contribution in [-0.2, 0) is 14.3 Å². The number of ether oxygens (including phenoxy) is 4. The highest BCUT2D eigenvalue weighted by Gasteiger charge is 2.23. The number of nitrogens with one attached hydrogen (secondary N) is 1. The van der Waals surface area contributed by atoms with E-state index < -0.39 is 29.5 Å². The molecule has 30 heavy (non-hydrogen) atoms. The summed E-state index contributed by atoms with van der Waals surface area (Å²) in [6.07, 6.45) is -1.20. The largest absolute Gasteiger partial charge is 0.496 e. The van der Waals surface area contributed by atoms with Gasteiger partial charge >= 0.3 is 5.97 Å². The van der Waals surface area contributed by atoms with Gasteiger partial charge in [-0.2, -0.15) is 0 Å². The smallest absolute Gasteiger partial charge is 0.344 e. The minimum Gasteiger partial charge on any atom is -0.496 e. The first-order chi connectivity index (χ1) is 14.3. The third-order valence-corrected chi connectivity index (χ3v) is 3.83. The number of nitro groups is 1. The van der Waals surface area contributed by atoms with Crippen LogP contribution in [0.25, 0.3) is 0 Å². The zero-order chi connectivity index (χ0) is 22.1. The summed E-state index contributed by atoms with van der Waals surface area (Å²) in [5.74, 6) is -0.407. The van der Waals surface area contributed by atoms with Crippen molar-refractivity contribution in [3.63, 3.8) is 0 Å². The van der Waals surface area contributed by atoms with Gasteiger partial charge in [0, 0.05) is 0 Å². The number of rotatable bonds is 10. The number of benzene rings is 2. The summed E-state index contributed by atoms with van der Waals surface area (Å²) in [5, 5.41) is 13.6. The Bertz CT molecular complexity index is 915. The van der Waals surface area contributed by atoms with Crippen molar-refractivity contribution in [3.8, 4) is 17.2 Å². The number of hydrogen-bond acceptors (Lipinski definition) is 8. The highest BCUT2D eigenvalue weighted by atomic mass is 16.6. The Morgan fingerprint density at radius 1 is 1.13 bits per heavy atom. The van der Waals surface area contributed by atoms with Gasteiger partial charge < -0.3 is 24.3 Å². The van der Waals surface area contributed by atoms with E-state index in [-0.39, 0.29) is 17.1 Å². The Morgan fingerprint density at radius 3 is 2.40 bits per heavy atom. The molecule has 10 nitrogen and oxygen atoms in total. The first kappa shape index (κ1) is 22.5. The van der Waals surface area contributed by atoms with E-state index in [9.17, 15) is 19.7 Å². The molecule has 160 valence electrons. The number of nitrogens with zero attached hydrogens (tertiary/aromatic N) is 1. The van der Waals surface area contributed by atoms with Crippen LogP contribution in [0.2, 0.25) is 0 Å². The molecule has 2 aromatic carbocycles. The summed E-state index contributed by atoms with van der Waals surface area (Å²) in [5.41, 5.74) is -0.396. The molecular formula is C20H22N2O8. The van der Waals surface area contributed by atoms with E-state index >= 15 is 0 Å². The molecule has 0 saturated carbocycles. The molecule has 0 fully saturated rings. The van der Waals surface area contributed by atoms with Crippen LogP contribution in [0, 0.1) is 10.1 Å². The van der Waals surface area contributed by atoms with Crippen molar-refractivity contribution in [2.75, 3.05) is 25.6 Å². The van der Waals surface area contributed by atoms with Gasteiger partial charge in [0.15, 0.2) is 24.2 Å². The fourth-order valence-corrected chi connectivity index (χ4v) is 2.40. The molecule has 0 bridgehead atoms. The van der Waals surface area contributed by atoms with Gasteiger partial charge in [-0.05, 0) is 38.1 Å². The normalized spacial score (nSPS) is 11.2. The molecule has 0 spiro atoms. The maximum Gasteiger partial charge on any atom is 0.344 e. The highest BCUT2D eigenvalue weighted by Crippen LogP contribution is 2.29. The van der Waals surface area contributed by atoms with E-state index in [1.165, 1.54) is 32.2 Å². The Balaban J connectivity index is 1.94. The van der Waals surface area contributed by atoms with E-state index in [4.69, 9.17) is 18.9 Å². The van der Waals surface area contributed by atoms with Gasteiger partial charge in [0.05, 0.1) is 24.7 Å². The molecule has 0 saturated heterocycles. The molecule has 0 heterocycles. The molecule has 2 rings (SSSR count). The SMILES string of the molecule is CCOc1ccccc1OCC(=O)OC(C)C(=O)Nc1ccc(OC)cc1[N+](=O)[O-]. The number of anilines is 1. The van der Waals surface area contributed by atoms with Crippen LogP contribution in [0.15, 0.2) is 42.5 Å². The van der Waals surface area contributed by atoms with Crippen molar-refractivity contribution < 1.29 is 33.5 Å². The van der Waals surface area contributed by atoms with Crippen molar-refractivity contribution in [2.24, 2.45) is 0 Å². The summed E-state index contributed by atoms with van der Waals surface area (Å²) in [4.78, 5) is 34.9. The molecule has 0 aliphatic carbocycles. The lowest BCUT2D eigenvalue weighted by atomic mass is 10.2. The predicted octanol–water partition coefficient (Wildman–Crippen LogP) is 2.95. The lowest BCUT2D eigenvalue weighted by Crippen LogP contribution is -2.31. The summed E-state index contributed by atoms with van der Waals surface area (Å²) in [6, 6.07) is 10.8. The van der Waals surface area contributed by atoms with E-state index in [0.29, 0.717) is 18.1 Å². The summed E-state index contributed by atoms with van der Waals surface area (Å²) >= 11 is 0. The van der Waals surface area contributed by atoms with Gasteiger partial charge in [0.2, 0.25) is 0 Å². The Labute approximate surface area is 172 Å². The quantitative estimate of drug-likeness (QED) is 0.354. The number of amides is 1. The maximum absolute atomic E-state index is 12.3. The van der Waals surface area contributed by atoms with E-state index in [2.05, 4.69) is 5.32 Å². The number of carbonyl (C=O) groups is 2. The van der Waals surface area contributed by atoms with Gasteiger partial charge in [-0.1, -0.05) is 12.1 Å². The summed E-state index contributed by atoms with van der Waals surface area (Å²) in [7, 11) is 1.37. The van der Waals surface area contributed by atoms with E-state index in [1.807, 2.05) is 6.92 Å². The van der Waals surface area contributed by atoms with Crippen LogP contribution in [-0.4, -0.2) is 43.2 Å². The average Bonchev–Trinajstić information content (AvgIpc) is 2.73. The number of esters is 1. The molecule has 1 atom stereocenters. The van der Waals surface area contributed by atoms with Crippen LogP contribution in [0.3, 0.4) is 0 Å². The van der Waals surface area contributed by atoms with Crippen molar-refractivity contribution in [3.05, 3.63) is 52.6 Å². The molecule has 0 aliphatic rings. The average molecular weight is 418 g/mol. The summed E-state index contributed by atoms with van der Waals surface area (Å²) in [6.45, 7) is 3.15. The lowest BCUT2D eigenvalue weighted by Gasteiger charge is -2.15. The number of para-hydroxylation sites is 2. The number of carbonyl (C=O) groups excluding carboxylic acids is 2. The minimum atomic E-state index is -1.20. The number of hydrogen-bond donors (Lipinski definition) is 1. The first-order valence-electron chi connectivity index (χ1n) is 9.03. The zero-order valence-electron chi connectivity index (χ0n) is 16.7. The van der Waals surface area contributed by atoms with Crippen molar-refractivity contribution in [1.29, 1.82) is 0 Å². The molecule has 0 radical (unpaired) electrons. The van der Waals surface area contributed by atoms with Gasteiger partial charge in [-0.25, -0.2) is 4.79 Å². The molecule has 2 aromatic rings.